The highest BCUT2D eigenvalue weighted by Crippen LogP contribution is 2.09. The summed E-state index contributed by atoms with van der Waals surface area (Å²) in [7, 11) is 0. The number of hydrogen-bond acceptors (Lipinski definition) is 2. The summed E-state index contributed by atoms with van der Waals surface area (Å²) in [6.45, 7) is 8.67. The Morgan fingerprint density at radius 1 is 1.33 bits per heavy atom. The first-order valence-electron chi connectivity index (χ1n) is 5.12. The molecule has 81 valence electrons. The lowest BCUT2D eigenvalue weighted by Gasteiger charge is -2.08. The Morgan fingerprint density at radius 2 is 2.07 bits per heavy atom. The first kappa shape index (κ1) is 11.8. The van der Waals surface area contributed by atoms with Gasteiger partial charge in [-0.1, -0.05) is 55.8 Å². The maximum atomic E-state index is 5.16. The van der Waals surface area contributed by atoms with Crippen LogP contribution < -0.4 is 0 Å². The Morgan fingerprint density at radius 3 is 2.67 bits per heavy atom. The van der Waals surface area contributed by atoms with Crippen molar-refractivity contribution < 1.29 is 4.84 Å². The summed E-state index contributed by atoms with van der Waals surface area (Å²) in [6.07, 6.45) is 2.91. The molecule has 1 aromatic rings. The van der Waals surface area contributed by atoms with Gasteiger partial charge in [0, 0.05) is 5.41 Å². The molecule has 0 aliphatic heterocycles. The Hall–Kier alpha value is -1.31. The molecule has 0 unspecified atom stereocenters. The third-order valence-corrected chi connectivity index (χ3v) is 1.76. The summed E-state index contributed by atoms with van der Waals surface area (Å²) in [4.78, 5) is 5.16. The van der Waals surface area contributed by atoms with Gasteiger partial charge in [0.05, 0.1) is 0 Å². The summed E-state index contributed by atoms with van der Waals surface area (Å²) >= 11 is 0. The molecule has 0 amide bonds. The van der Waals surface area contributed by atoms with Crippen molar-refractivity contribution in [3.8, 4) is 0 Å². The second-order valence-electron chi connectivity index (χ2n) is 4.72. The van der Waals surface area contributed by atoms with E-state index in [0.29, 0.717) is 6.61 Å². The number of benzene rings is 1. The van der Waals surface area contributed by atoms with Crippen LogP contribution >= 0.6 is 0 Å². The van der Waals surface area contributed by atoms with E-state index in [0.717, 1.165) is 5.56 Å². The van der Waals surface area contributed by atoms with Crippen LogP contribution in [0, 0.1) is 12.3 Å². The fourth-order valence-corrected chi connectivity index (χ4v) is 1.08. The Kier molecular flexibility index (Phi) is 3.89. The zero-order valence-corrected chi connectivity index (χ0v) is 9.87. The second-order valence-corrected chi connectivity index (χ2v) is 4.72. The average Bonchev–Trinajstić information content (AvgIpc) is 2.11. The number of rotatable bonds is 3. The molecule has 0 saturated carbocycles. The quantitative estimate of drug-likeness (QED) is 0.546. The van der Waals surface area contributed by atoms with E-state index in [2.05, 4.69) is 30.4 Å². The van der Waals surface area contributed by atoms with Gasteiger partial charge in [0.2, 0.25) is 0 Å². The van der Waals surface area contributed by atoms with E-state index >= 15 is 0 Å². The van der Waals surface area contributed by atoms with Gasteiger partial charge < -0.3 is 4.84 Å². The lowest BCUT2D eigenvalue weighted by atomic mass is 10.00. The highest BCUT2D eigenvalue weighted by molar-refractivity contribution is 5.63. The normalized spacial score (nSPS) is 12.0. The van der Waals surface area contributed by atoms with E-state index in [4.69, 9.17) is 4.84 Å². The maximum absolute atomic E-state index is 5.16. The molecule has 0 aromatic heterocycles. The third kappa shape index (κ3) is 5.21. The monoisotopic (exact) mass is 204 g/mol. The van der Waals surface area contributed by atoms with Crippen molar-refractivity contribution in [1.82, 2.24) is 0 Å². The molecule has 15 heavy (non-hydrogen) atoms. The summed E-state index contributed by atoms with van der Waals surface area (Å²) < 4.78 is 0. The Balaban J connectivity index is 2.42. The van der Waals surface area contributed by atoms with Crippen molar-refractivity contribution in [1.29, 1.82) is 0 Å². The van der Waals surface area contributed by atoms with Crippen LogP contribution in [-0.2, 0) is 11.4 Å². The highest BCUT2D eigenvalue weighted by atomic mass is 16.6. The first-order valence-corrected chi connectivity index (χ1v) is 5.12. The van der Waals surface area contributed by atoms with Crippen molar-refractivity contribution in [2.24, 2.45) is 10.6 Å². The molecule has 2 nitrogen and oxygen atoms in total. The standard InChI is InChI=1S/C13H18NO/c1-11-6-5-7-12(8-11)9-15-14-10-13(2,3)4/h5-8H,9H2,1-4H3. The molecular formula is C13H18NO. The zero-order valence-electron chi connectivity index (χ0n) is 9.87. The minimum atomic E-state index is -0.0490. The lowest BCUT2D eigenvalue weighted by molar-refractivity contribution is 0.129. The molecule has 0 saturated heterocycles. The van der Waals surface area contributed by atoms with Crippen LogP contribution in [0.15, 0.2) is 29.4 Å². The molecule has 0 aliphatic carbocycles. The van der Waals surface area contributed by atoms with E-state index in [1.54, 1.807) is 0 Å². The molecule has 0 spiro atoms. The number of hydrogen-bond donors (Lipinski definition) is 0. The van der Waals surface area contributed by atoms with Crippen molar-refractivity contribution in [2.75, 3.05) is 0 Å². The molecule has 0 atom stereocenters. The van der Waals surface area contributed by atoms with Crippen molar-refractivity contribution in [3.05, 3.63) is 35.4 Å². The van der Waals surface area contributed by atoms with E-state index in [9.17, 15) is 0 Å². The van der Waals surface area contributed by atoms with Crippen LogP contribution in [0.1, 0.15) is 31.9 Å². The predicted octanol–water partition coefficient (Wildman–Crippen LogP) is 3.42. The summed E-state index contributed by atoms with van der Waals surface area (Å²) in [5, 5.41) is 3.82. The lowest BCUT2D eigenvalue weighted by Crippen LogP contribution is -2.06. The third-order valence-electron chi connectivity index (χ3n) is 1.76. The molecule has 0 heterocycles. The van der Waals surface area contributed by atoms with Crippen molar-refractivity contribution >= 4 is 6.21 Å². The van der Waals surface area contributed by atoms with Crippen LogP contribution in [0.5, 0.6) is 0 Å². The van der Waals surface area contributed by atoms with E-state index < -0.39 is 0 Å². The SMILES string of the molecule is Cc1cccc(CO/N=[C]\C(C)(C)C)c1. The van der Waals surface area contributed by atoms with Crippen LogP contribution in [0.3, 0.4) is 0 Å². The highest BCUT2D eigenvalue weighted by Gasteiger charge is 2.06. The molecule has 1 aromatic carbocycles. The maximum Gasteiger partial charge on any atom is 0.142 e. The fraction of sp³-hybridized carbons (Fsp3) is 0.462. The first-order chi connectivity index (χ1) is 6.97. The average molecular weight is 204 g/mol. The minimum absolute atomic E-state index is 0.0490. The molecule has 1 rings (SSSR count). The van der Waals surface area contributed by atoms with Gasteiger partial charge in [-0.3, -0.25) is 0 Å². The summed E-state index contributed by atoms with van der Waals surface area (Å²) in [5.74, 6) is 0. The number of nitrogens with zero attached hydrogens (tertiary/aromatic N) is 1. The molecule has 1 radical (unpaired) electrons. The minimum Gasteiger partial charge on any atom is -0.391 e. The Labute approximate surface area is 91.9 Å². The molecule has 0 fully saturated rings. The summed E-state index contributed by atoms with van der Waals surface area (Å²) in [5.41, 5.74) is 2.32. The van der Waals surface area contributed by atoms with Gasteiger partial charge in [-0.25, -0.2) is 0 Å². The van der Waals surface area contributed by atoms with E-state index in [1.807, 2.05) is 32.9 Å². The van der Waals surface area contributed by atoms with Crippen molar-refractivity contribution in [3.63, 3.8) is 0 Å². The van der Waals surface area contributed by atoms with Gasteiger partial charge in [0.25, 0.3) is 0 Å². The molecular weight excluding hydrogens is 186 g/mol. The van der Waals surface area contributed by atoms with Gasteiger partial charge in [-0.15, -0.1) is 0 Å². The van der Waals surface area contributed by atoms with Gasteiger partial charge in [-0.05, 0) is 12.5 Å². The summed E-state index contributed by atoms with van der Waals surface area (Å²) in [6, 6.07) is 8.20. The van der Waals surface area contributed by atoms with E-state index in [-0.39, 0.29) is 5.41 Å². The van der Waals surface area contributed by atoms with Crippen LogP contribution in [0.25, 0.3) is 0 Å². The van der Waals surface area contributed by atoms with Gasteiger partial charge in [0.15, 0.2) is 0 Å². The van der Waals surface area contributed by atoms with Crippen LogP contribution in [-0.4, -0.2) is 6.21 Å². The van der Waals surface area contributed by atoms with Crippen LogP contribution in [0.2, 0.25) is 0 Å². The number of aryl methyl sites for hydroxylation is 1. The zero-order chi connectivity index (χ0) is 11.3. The Bertz CT molecular complexity index is 337. The molecule has 0 aliphatic rings. The molecule has 2 heteroatoms. The van der Waals surface area contributed by atoms with E-state index in [1.165, 1.54) is 5.56 Å². The van der Waals surface area contributed by atoms with Crippen molar-refractivity contribution in [2.45, 2.75) is 34.3 Å². The molecule has 0 bridgehead atoms. The van der Waals surface area contributed by atoms with Gasteiger partial charge in [0.1, 0.15) is 12.8 Å². The fourth-order valence-electron chi connectivity index (χ4n) is 1.08. The molecule has 0 N–H and O–H groups in total. The predicted molar refractivity (Wildman–Crippen MR) is 62.9 cm³/mol. The smallest absolute Gasteiger partial charge is 0.142 e. The topological polar surface area (TPSA) is 21.6 Å². The largest absolute Gasteiger partial charge is 0.391 e. The van der Waals surface area contributed by atoms with Gasteiger partial charge in [-0.2, -0.15) is 0 Å². The van der Waals surface area contributed by atoms with Crippen LogP contribution in [0.4, 0.5) is 0 Å². The second kappa shape index (κ2) is 4.96. The van der Waals surface area contributed by atoms with Gasteiger partial charge >= 0.3 is 0 Å².